The van der Waals surface area contributed by atoms with Gasteiger partial charge in [0, 0.05) is 20.8 Å². The van der Waals surface area contributed by atoms with Gasteiger partial charge in [0.05, 0.1) is 6.61 Å². The molecule has 0 fully saturated rings. The Morgan fingerprint density at radius 2 is 1.80 bits per heavy atom. The highest BCUT2D eigenvalue weighted by Gasteiger charge is 2.02. The molecule has 0 amide bonds. The Morgan fingerprint density at radius 3 is 2.50 bits per heavy atom. The number of thioether (sulfide) groups is 1. The van der Waals surface area contributed by atoms with E-state index in [-0.39, 0.29) is 0 Å². The van der Waals surface area contributed by atoms with Crippen LogP contribution in [0.25, 0.3) is 0 Å². The standard InChI is InChI=1S/C16H18BrNOS/c1-11-7-12(2)9-14(8-11)19-5-6-20-16-10-13(17)3-4-15(16)18/h3-4,7-10H,5-6,18H2,1-2H3. The average molecular weight is 352 g/mol. The number of halogens is 1. The third kappa shape index (κ3) is 4.46. The van der Waals surface area contributed by atoms with E-state index in [2.05, 4.69) is 48.0 Å². The number of hydrogen-bond donors (Lipinski definition) is 1. The van der Waals surface area contributed by atoms with Crippen molar-refractivity contribution in [1.82, 2.24) is 0 Å². The molecule has 0 spiro atoms. The van der Waals surface area contributed by atoms with Crippen molar-refractivity contribution >= 4 is 33.4 Å². The topological polar surface area (TPSA) is 35.2 Å². The minimum atomic E-state index is 0.666. The highest BCUT2D eigenvalue weighted by molar-refractivity contribution is 9.10. The first-order valence-electron chi connectivity index (χ1n) is 6.43. The minimum Gasteiger partial charge on any atom is -0.493 e. The smallest absolute Gasteiger partial charge is 0.119 e. The number of aryl methyl sites for hydroxylation is 2. The average Bonchev–Trinajstić information content (AvgIpc) is 2.37. The summed E-state index contributed by atoms with van der Waals surface area (Å²) in [6, 6.07) is 12.2. The lowest BCUT2D eigenvalue weighted by atomic mass is 10.1. The number of rotatable bonds is 5. The van der Waals surface area contributed by atoms with Crippen LogP contribution in [0.15, 0.2) is 45.8 Å². The molecule has 0 aliphatic rings. The molecule has 0 saturated carbocycles. The van der Waals surface area contributed by atoms with Crippen molar-refractivity contribution < 1.29 is 4.74 Å². The lowest BCUT2D eigenvalue weighted by Gasteiger charge is -2.09. The predicted molar refractivity (Wildman–Crippen MR) is 90.7 cm³/mol. The van der Waals surface area contributed by atoms with E-state index in [0.717, 1.165) is 26.6 Å². The molecule has 0 aliphatic carbocycles. The fourth-order valence-electron chi connectivity index (χ4n) is 1.96. The van der Waals surface area contributed by atoms with Gasteiger partial charge in [-0.15, -0.1) is 11.8 Å². The second-order valence-electron chi connectivity index (χ2n) is 4.70. The second-order valence-corrected chi connectivity index (χ2v) is 6.75. The molecule has 0 saturated heterocycles. The van der Waals surface area contributed by atoms with Gasteiger partial charge in [0.25, 0.3) is 0 Å². The zero-order valence-electron chi connectivity index (χ0n) is 11.7. The normalized spacial score (nSPS) is 10.6. The lowest BCUT2D eigenvalue weighted by molar-refractivity contribution is 0.343. The van der Waals surface area contributed by atoms with Crippen molar-refractivity contribution in [2.45, 2.75) is 18.7 Å². The molecule has 0 aromatic heterocycles. The summed E-state index contributed by atoms with van der Waals surface area (Å²) >= 11 is 5.17. The van der Waals surface area contributed by atoms with Crippen LogP contribution in [0.5, 0.6) is 5.75 Å². The molecule has 0 bridgehead atoms. The van der Waals surface area contributed by atoms with Gasteiger partial charge >= 0.3 is 0 Å². The molecule has 0 radical (unpaired) electrons. The summed E-state index contributed by atoms with van der Waals surface area (Å²) in [6.45, 7) is 4.83. The second kappa shape index (κ2) is 7.04. The van der Waals surface area contributed by atoms with Gasteiger partial charge in [0.15, 0.2) is 0 Å². The third-order valence-corrected chi connectivity index (χ3v) is 4.31. The van der Waals surface area contributed by atoms with Crippen LogP contribution >= 0.6 is 27.7 Å². The first-order chi connectivity index (χ1) is 9.54. The summed E-state index contributed by atoms with van der Waals surface area (Å²) < 4.78 is 6.83. The van der Waals surface area contributed by atoms with Crippen LogP contribution < -0.4 is 10.5 Å². The molecule has 2 rings (SSSR count). The molecule has 0 aliphatic heterocycles. The Morgan fingerprint density at radius 1 is 1.10 bits per heavy atom. The monoisotopic (exact) mass is 351 g/mol. The van der Waals surface area contributed by atoms with E-state index in [0.29, 0.717) is 6.61 Å². The molecule has 106 valence electrons. The van der Waals surface area contributed by atoms with E-state index in [9.17, 15) is 0 Å². The zero-order chi connectivity index (χ0) is 14.5. The van der Waals surface area contributed by atoms with Gasteiger partial charge in [-0.05, 0) is 55.3 Å². The molecule has 2 nitrogen and oxygen atoms in total. The van der Waals surface area contributed by atoms with Crippen molar-refractivity contribution in [2.75, 3.05) is 18.1 Å². The van der Waals surface area contributed by atoms with Gasteiger partial charge in [0.2, 0.25) is 0 Å². The van der Waals surface area contributed by atoms with Crippen molar-refractivity contribution in [2.24, 2.45) is 0 Å². The van der Waals surface area contributed by atoms with E-state index >= 15 is 0 Å². The van der Waals surface area contributed by atoms with Gasteiger partial charge < -0.3 is 10.5 Å². The van der Waals surface area contributed by atoms with Gasteiger partial charge in [-0.2, -0.15) is 0 Å². The summed E-state index contributed by atoms with van der Waals surface area (Å²) in [5.74, 6) is 1.80. The Hall–Kier alpha value is -1.13. The Labute approximate surface area is 132 Å². The summed E-state index contributed by atoms with van der Waals surface area (Å²) in [4.78, 5) is 1.09. The van der Waals surface area contributed by atoms with Crippen molar-refractivity contribution in [3.05, 3.63) is 52.0 Å². The molecule has 0 atom stereocenters. The largest absolute Gasteiger partial charge is 0.493 e. The molecule has 0 heterocycles. The molecule has 2 aromatic carbocycles. The fraction of sp³-hybridized carbons (Fsp3) is 0.250. The molecule has 2 aromatic rings. The summed E-state index contributed by atoms with van der Waals surface area (Å²) in [7, 11) is 0. The van der Waals surface area contributed by atoms with Gasteiger partial charge in [0.1, 0.15) is 5.75 Å². The molecular formula is C16H18BrNOS. The number of nitrogen functional groups attached to an aromatic ring is 1. The number of benzene rings is 2. The molecule has 0 unspecified atom stereocenters. The van der Waals surface area contributed by atoms with Crippen LogP contribution in [0.1, 0.15) is 11.1 Å². The van der Waals surface area contributed by atoms with Crippen LogP contribution in [0, 0.1) is 13.8 Å². The van der Waals surface area contributed by atoms with Crippen molar-refractivity contribution in [1.29, 1.82) is 0 Å². The number of hydrogen-bond acceptors (Lipinski definition) is 3. The first kappa shape index (κ1) is 15.3. The molecule has 4 heteroatoms. The van der Waals surface area contributed by atoms with Gasteiger partial charge in [-0.1, -0.05) is 22.0 Å². The van der Waals surface area contributed by atoms with Gasteiger partial charge in [-0.25, -0.2) is 0 Å². The Bertz CT molecular complexity index is 581. The summed E-state index contributed by atoms with van der Waals surface area (Å²) in [5.41, 5.74) is 9.20. The SMILES string of the molecule is Cc1cc(C)cc(OCCSc2cc(Br)ccc2N)c1. The third-order valence-electron chi connectivity index (χ3n) is 2.78. The van der Waals surface area contributed by atoms with E-state index in [4.69, 9.17) is 10.5 Å². The highest BCUT2D eigenvalue weighted by Crippen LogP contribution is 2.28. The predicted octanol–water partition coefficient (Wildman–Crippen LogP) is 4.82. The van der Waals surface area contributed by atoms with E-state index in [1.807, 2.05) is 18.2 Å². The summed E-state index contributed by atoms with van der Waals surface area (Å²) in [5, 5.41) is 0. The summed E-state index contributed by atoms with van der Waals surface area (Å²) in [6.07, 6.45) is 0. The maximum atomic E-state index is 5.94. The lowest BCUT2D eigenvalue weighted by Crippen LogP contribution is -2.01. The number of nitrogens with two attached hydrogens (primary N) is 1. The van der Waals surface area contributed by atoms with Gasteiger partial charge in [-0.3, -0.25) is 0 Å². The highest BCUT2D eigenvalue weighted by atomic mass is 79.9. The quantitative estimate of drug-likeness (QED) is 0.476. The van der Waals surface area contributed by atoms with Crippen LogP contribution in [-0.2, 0) is 0 Å². The number of ether oxygens (including phenoxy) is 1. The van der Waals surface area contributed by atoms with Crippen LogP contribution in [0.3, 0.4) is 0 Å². The van der Waals surface area contributed by atoms with Crippen LogP contribution in [0.4, 0.5) is 5.69 Å². The van der Waals surface area contributed by atoms with Crippen LogP contribution in [0.2, 0.25) is 0 Å². The number of anilines is 1. The van der Waals surface area contributed by atoms with Crippen molar-refractivity contribution in [3.8, 4) is 5.75 Å². The maximum absolute atomic E-state index is 5.94. The first-order valence-corrected chi connectivity index (χ1v) is 8.21. The molecule has 20 heavy (non-hydrogen) atoms. The van der Waals surface area contributed by atoms with E-state index in [1.165, 1.54) is 11.1 Å². The van der Waals surface area contributed by atoms with Crippen molar-refractivity contribution in [3.63, 3.8) is 0 Å². The van der Waals surface area contributed by atoms with E-state index in [1.54, 1.807) is 11.8 Å². The maximum Gasteiger partial charge on any atom is 0.119 e. The Kier molecular flexibility index (Phi) is 5.38. The minimum absolute atomic E-state index is 0.666. The Balaban J connectivity index is 1.86. The van der Waals surface area contributed by atoms with Crippen LogP contribution in [-0.4, -0.2) is 12.4 Å². The molecule has 2 N–H and O–H groups in total. The fourth-order valence-corrected chi connectivity index (χ4v) is 3.30. The zero-order valence-corrected chi connectivity index (χ0v) is 14.1. The van der Waals surface area contributed by atoms with E-state index < -0.39 is 0 Å². The molecular weight excluding hydrogens is 334 g/mol.